The van der Waals surface area contributed by atoms with E-state index in [4.69, 9.17) is 14.4 Å². The highest BCUT2D eigenvalue weighted by atomic mass is 16.3. The molecule has 0 fully saturated rings. The fourth-order valence-electron chi connectivity index (χ4n) is 4.45. The number of amidine groups is 2. The molecular formula is C33H24N4O. The molecule has 5 nitrogen and oxygen atoms in total. The van der Waals surface area contributed by atoms with Crippen molar-refractivity contribution in [1.29, 1.82) is 0 Å². The van der Waals surface area contributed by atoms with Gasteiger partial charge in [-0.3, -0.25) is 9.98 Å². The molecule has 0 unspecified atom stereocenters. The molecule has 0 amide bonds. The number of rotatable bonds is 5. The van der Waals surface area contributed by atoms with Gasteiger partial charge in [0.15, 0.2) is 11.7 Å². The third-order valence-electron chi connectivity index (χ3n) is 6.34. The number of aliphatic imine (C=N–C) groups is 3. The van der Waals surface area contributed by atoms with E-state index in [1.807, 2.05) is 103 Å². The number of benzene rings is 4. The van der Waals surface area contributed by atoms with Gasteiger partial charge in [0.25, 0.3) is 0 Å². The van der Waals surface area contributed by atoms with Crippen molar-refractivity contribution in [3.8, 4) is 11.3 Å². The zero-order chi connectivity index (χ0) is 25.7. The molecule has 0 atom stereocenters. The molecule has 4 aromatic carbocycles. The summed E-state index contributed by atoms with van der Waals surface area (Å²) in [6.45, 7) is 4.24. The average molecular weight is 493 g/mol. The van der Waals surface area contributed by atoms with Gasteiger partial charge in [0, 0.05) is 28.1 Å². The number of furan rings is 1. The zero-order valence-corrected chi connectivity index (χ0v) is 20.7. The highest BCUT2D eigenvalue weighted by Crippen LogP contribution is 2.31. The molecule has 38 heavy (non-hydrogen) atoms. The first-order valence-corrected chi connectivity index (χ1v) is 12.4. The number of aromatic nitrogens is 1. The monoisotopic (exact) mass is 492 g/mol. The molecule has 5 heteroatoms. The van der Waals surface area contributed by atoms with Gasteiger partial charge in [-0.05, 0) is 30.5 Å². The van der Waals surface area contributed by atoms with Crippen molar-refractivity contribution in [2.45, 2.75) is 6.54 Å². The van der Waals surface area contributed by atoms with Crippen molar-refractivity contribution in [2.75, 3.05) is 0 Å². The summed E-state index contributed by atoms with van der Waals surface area (Å²) in [6, 6.07) is 38.0. The number of fused-ring (bicyclic) bond motifs is 3. The SMILES string of the molecule is C=NC(=NC(=NCc1ccc(-c2ccccc2)nc1)c1ccccc1)c1cccc2c1oc1ccccc12. The third-order valence-corrected chi connectivity index (χ3v) is 6.34. The minimum atomic E-state index is 0.426. The second-order valence-electron chi connectivity index (χ2n) is 8.80. The second kappa shape index (κ2) is 10.4. The number of pyridine rings is 1. The Bertz CT molecular complexity index is 1780. The van der Waals surface area contributed by atoms with E-state index in [1.165, 1.54) is 0 Å². The number of hydrogen-bond donors (Lipinski definition) is 0. The van der Waals surface area contributed by atoms with Crippen LogP contribution in [0.3, 0.4) is 0 Å². The topological polar surface area (TPSA) is 63.1 Å². The highest BCUT2D eigenvalue weighted by molar-refractivity contribution is 6.19. The Morgan fingerprint density at radius 1 is 0.711 bits per heavy atom. The van der Waals surface area contributed by atoms with Crippen molar-refractivity contribution < 1.29 is 4.42 Å². The number of hydrogen-bond acceptors (Lipinski definition) is 3. The first-order valence-electron chi connectivity index (χ1n) is 12.4. The lowest BCUT2D eigenvalue weighted by atomic mass is 10.1. The van der Waals surface area contributed by atoms with Gasteiger partial charge in [-0.1, -0.05) is 97.1 Å². The molecule has 0 N–H and O–H groups in total. The normalized spacial score (nSPS) is 12.2. The summed E-state index contributed by atoms with van der Waals surface area (Å²) in [4.78, 5) is 18.7. The van der Waals surface area contributed by atoms with E-state index >= 15 is 0 Å². The van der Waals surface area contributed by atoms with Crippen LogP contribution in [0.2, 0.25) is 0 Å². The summed E-state index contributed by atoms with van der Waals surface area (Å²) in [5.74, 6) is 1.02. The first kappa shape index (κ1) is 23.3. The van der Waals surface area contributed by atoms with Gasteiger partial charge < -0.3 is 4.42 Å². The van der Waals surface area contributed by atoms with Gasteiger partial charge in [-0.15, -0.1) is 0 Å². The van der Waals surface area contributed by atoms with E-state index in [-0.39, 0.29) is 0 Å². The fourth-order valence-corrected chi connectivity index (χ4v) is 4.45. The molecule has 0 bridgehead atoms. The Balaban J connectivity index is 1.38. The maximum Gasteiger partial charge on any atom is 0.164 e. The van der Waals surface area contributed by atoms with Crippen molar-refractivity contribution in [3.63, 3.8) is 0 Å². The lowest BCUT2D eigenvalue weighted by Crippen LogP contribution is -2.06. The van der Waals surface area contributed by atoms with Gasteiger partial charge in [0.05, 0.1) is 17.8 Å². The quantitative estimate of drug-likeness (QED) is 0.182. The van der Waals surface area contributed by atoms with Crippen LogP contribution in [0.4, 0.5) is 0 Å². The van der Waals surface area contributed by atoms with Crippen molar-refractivity contribution in [2.24, 2.45) is 15.0 Å². The van der Waals surface area contributed by atoms with E-state index in [0.717, 1.165) is 49.9 Å². The Kier molecular flexibility index (Phi) is 6.39. The molecule has 0 saturated heterocycles. The van der Waals surface area contributed by atoms with Gasteiger partial charge >= 0.3 is 0 Å². The predicted octanol–water partition coefficient (Wildman–Crippen LogP) is 7.74. The minimum Gasteiger partial charge on any atom is -0.455 e. The Morgan fingerprint density at radius 3 is 2.21 bits per heavy atom. The van der Waals surface area contributed by atoms with E-state index in [0.29, 0.717) is 18.2 Å². The molecule has 0 spiro atoms. The smallest absolute Gasteiger partial charge is 0.164 e. The summed E-state index contributed by atoms with van der Waals surface area (Å²) < 4.78 is 6.21. The van der Waals surface area contributed by atoms with Crippen molar-refractivity contribution in [3.05, 3.63) is 138 Å². The Hall–Kier alpha value is -5.16. The molecule has 0 aliphatic heterocycles. The summed E-state index contributed by atoms with van der Waals surface area (Å²) in [5.41, 5.74) is 6.20. The van der Waals surface area contributed by atoms with Crippen LogP contribution in [0.5, 0.6) is 0 Å². The van der Waals surface area contributed by atoms with E-state index < -0.39 is 0 Å². The van der Waals surface area contributed by atoms with Crippen molar-refractivity contribution >= 4 is 40.3 Å². The van der Waals surface area contributed by atoms with Crippen LogP contribution in [-0.4, -0.2) is 23.4 Å². The molecular weight excluding hydrogens is 468 g/mol. The first-order chi connectivity index (χ1) is 18.8. The summed E-state index contributed by atoms with van der Waals surface area (Å²) in [6.07, 6.45) is 1.86. The zero-order valence-electron chi connectivity index (χ0n) is 20.7. The van der Waals surface area contributed by atoms with Crippen molar-refractivity contribution in [1.82, 2.24) is 4.98 Å². The molecule has 0 saturated carbocycles. The van der Waals surface area contributed by atoms with Crippen LogP contribution >= 0.6 is 0 Å². The van der Waals surface area contributed by atoms with Crippen LogP contribution < -0.4 is 0 Å². The van der Waals surface area contributed by atoms with Crippen LogP contribution in [-0.2, 0) is 6.54 Å². The molecule has 2 heterocycles. The fraction of sp³-hybridized carbons (Fsp3) is 0.0303. The van der Waals surface area contributed by atoms with Gasteiger partial charge in [-0.25, -0.2) is 9.98 Å². The lowest BCUT2D eigenvalue weighted by Gasteiger charge is -2.07. The predicted molar refractivity (Wildman–Crippen MR) is 156 cm³/mol. The number of nitrogens with zero attached hydrogens (tertiary/aromatic N) is 4. The Labute approximate surface area is 220 Å². The maximum atomic E-state index is 6.21. The maximum absolute atomic E-state index is 6.21. The number of para-hydroxylation sites is 2. The third kappa shape index (κ3) is 4.65. The molecule has 0 aliphatic carbocycles. The molecule has 0 aliphatic rings. The summed E-state index contributed by atoms with van der Waals surface area (Å²) in [7, 11) is 0. The van der Waals surface area contributed by atoms with E-state index in [2.05, 4.69) is 34.9 Å². The molecule has 2 aromatic heterocycles. The van der Waals surface area contributed by atoms with Crippen LogP contribution in [0.1, 0.15) is 16.7 Å². The summed E-state index contributed by atoms with van der Waals surface area (Å²) in [5, 5.41) is 2.06. The van der Waals surface area contributed by atoms with Gasteiger partial charge in [0.1, 0.15) is 11.2 Å². The minimum absolute atomic E-state index is 0.426. The molecule has 0 radical (unpaired) electrons. The Morgan fingerprint density at radius 2 is 1.45 bits per heavy atom. The van der Waals surface area contributed by atoms with Gasteiger partial charge in [0.2, 0.25) is 0 Å². The van der Waals surface area contributed by atoms with E-state index in [9.17, 15) is 0 Å². The molecule has 182 valence electrons. The highest BCUT2D eigenvalue weighted by Gasteiger charge is 2.15. The average Bonchev–Trinajstić information content (AvgIpc) is 3.38. The largest absolute Gasteiger partial charge is 0.455 e. The molecule has 6 aromatic rings. The summed E-state index contributed by atoms with van der Waals surface area (Å²) >= 11 is 0. The lowest BCUT2D eigenvalue weighted by molar-refractivity contribution is 0.668. The second-order valence-corrected chi connectivity index (χ2v) is 8.80. The van der Waals surface area contributed by atoms with Crippen LogP contribution in [0, 0.1) is 0 Å². The van der Waals surface area contributed by atoms with Gasteiger partial charge in [-0.2, -0.15) is 0 Å². The molecule has 6 rings (SSSR count). The van der Waals surface area contributed by atoms with E-state index in [1.54, 1.807) is 0 Å². The standard InChI is InChI=1S/C33H24N4O/c1-34-33(28-17-10-16-27-26-15-8-9-18-30(26)38-31(27)28)37-32(25-13-6-3-7-14-25)36-22-23-19-20-29(35-21-23)24-11-4-2-5-12-24/h2-21H,1,22H2. The van der Waals surface area contributed by atoms with Crippen LogP contribution in [0.25, 0.3) is 33.2 Å². The van der Waals surface area contributed by atoms with Crippen LogP contribution in [0.15, 0.2) is 141 Å².